The predicted molar refractivity (Wildman–Crippen MR) is 23.8 cm³/mol. The van der Waals surface area contributed by atoms with E-state index in [0.29, 0.717) is 6.61 Å². The van der Waals surface area contributed by atoms with E-state index in [1.165, 1.54) is 0 Å². The molecule has 4 heteroatoms. The molecule has 8 heavy (non-hydrogen) atoms. The molecule has 1 aliphatic heterocycles. The quantitative estimate of drug-likeness (QED) is 0.449. The van der Waals surface area contributed by atoms with Crippen LogP contribution in [0, 0.1) is 0 Å². The third-order valence-electron chi connectivity index (χ3n) is 0.869. The van der Waals surface area contributed by atoms with Crippen LogP contribution in [0.4, 0.5) is 0 Å². The molecule has 1 unspecified atom stereocenters. The first kappa shape index (κ1) is 8.25. The van der Waals surface area contributed by atoms with E-state index in [1.54, 1.807) is 0 Å². The Morgan fingerprint density at radius 3 is 2.75 bits per heavy atom. The monoisotopic (exact) mass is 207 g/mol. The fourth-order valence-electron chi connectivity index (χ4n) is 0.533. The molecule has 0 aromatic heterocycles. The van der Waals surface area contributed by atoms with Crippen LogP contribution in [0.25, 0.3) is 0 Å². The van der Waals surface area contributed by atoms with Crippen LogP contribution in [0.2, 0.25) is 0 Å². The van der Waals surface area contributed by atoms with Gasteiger partial charge < -0.3 is 4.74 Å². The molecule has 0 bridgehead atoms. The summed E-state index contributed by atoms with van der Waals surface area (Å²) in [5.74, 6) is 0. The number of rotatable bonds is 1. The second-order valence-corrected chi connectivity index (χ2v) is 1.38. The van der Waals surface area contributed by atoms with Gasteiger partial charge in [0.25, 0.3) is 0 Å². The molecule has 3 nitrogen and oxygen atoms in total. The Hall–Kier alpha value is 0.252. The Labute approximate surface area is 61.4 Å². The molecule has 1 fully saturated rings. The first-order valence-electron chi connectivity index (χ1n) is 2.24. The zero-order valence-corrected chi connectivity index (χ0v) is 5.76. The summed E-state index contributed by atoms with van der Waals surface area (Å²) < 4.78 is 4.82. The van der Waals surface area contributed by atoms with E-state index < -0.39 is 0 Å². The van der Waals surface area contributed by atoms with Crippen LogP contribution in [0.5, 0.6) is 0 Å². The van der Waals surface area contributed by atoms with Crippen molar-refractivity contribution in [3.8, 4) is 0 Å². The summed E-state index contributed by atoms with van der Waals surface area (Å²) >= 11 is 0. The normalized spacial score (nSPS) is 26.8. The van der Waals surface area contributed by atoms with Gasteiger partial charge in [0.1, 0.15) is 0 Å². The van der Waals surface area contributed by atoms with E-state index in [2.05, 4.69) is 5.32 Å². The molecule has 0 spiro atoms. The molecule has 1 N–H and O–H groups in total. The summed E-state index contributed by atoms with van der Waals surface area (Å²) in [6.45, 7) is 1.45. The van der Waals surface area contributed by atoms with Crippen LogP contribution in [-0.4, -0.2) is 25.7 Å². The summed E-state index contributed by atoms with van der Waals surface area (Å²) in [5, 5.41) is 2.82. The maximum Gasteiger partial charge on any atom is 0.164 e. The van der Waals surface area contributed by atoms with Crippen molar-refractivity contribution in [1.29, 1.82) is 0 Å². The minimum atomic E-state index is -0.333. The average Bonchev–Trinajstić information content (AvgIpc) is 2.14. The molecular formula is C4H7NO2Pd. The van der Waals surface area contributed by atoms with Gasteiger partial charge in [-0.05, 0) is 0 Å². The summed E-state index contributed by atoms with van der Waals surface area (Å²) in [6, 6.07) is 0. The van der Waals surface area contributed by atoms with E-state index in [0.717, 1.165) is 12.8 Å². The van der Waals surface area contributed by atoms with Gasteiger partial charge in [0.2, 0.25) is 0 Å². The van der Waals surface area contributed by atoms with Gasteiger partial charge in [-0.15, -0.1) is 0 Å². The van der Waals surface area contributed by atoms with Crippen molar-refractivity contribution in [1.82, 2.24) is 5.32 Å². The van der Waals surface area contributed by atoms with Gasteiger partial charge in [-0.25, -0.2) is 0 Å². The summed E-state index contributed by atoms with van der Waals surface area (Å²) in [7, 11) is 0. The number of hydrogen-bond donors (Lipinski definition) is 1. The van der Waals surface area contributed by atoms with Crippen LogP contribution in [0.3, 0.4) is 0 Å². The van der Waals surface area contributed by atoms with Gasteiger partial charge in [0, 0.05) is 27.0 Å². The van der Waals surface area contributed by atoms with Crippen molar-refractivity contribution in [3.63, 3.8) is 0 Å². The van der Waals surface area contributed by atoms with Crippen molar-refractivity contribution < 1.29 is 30.0 Å². The van der Waals surface area contributed by atoms with Crippen LogP contribution in [0.15, 0.2) is 0 Å². The Kier molecular flexibility index (Phi) is 4.29. The molecule has 1 aliphatic rings. The molecule has 50 valence electrons. The molecule has 1 rings (SSSR count). The molecule has 0 aromatic carbocycles. The fraction of sp³-hybridized carbons (Fsp3) is 0.750. The topological polar surface area (TPSA) is 38.3 Å². The first-order chi connectivity index (χ1) is 3.43. The van der Waals surface area contributed by atoms with E-state index in [1.807, 2.05) is 0 Å². The summed E-state index contributed by atoms with van der Waals surface area (Å²) in [6.07, 6.45) is 0.424. The second-order valence-electron chi connectivity index (χ2n) is 1.38. The Bertz CT molecular complexity index is 72.4. The first-order valence-corrected chi connectivity index (χ1v) is 2.24. The van der Waals surface area contributed by atoms with Crippen LogP contribution in [0.1, 0.15) is 0 Å². The Balaban J connectivity index is 0.000000490. The molecule has 0 saturated carbocycles. The molecule has 1 heterocycles. The number of hydrogen-bond acceptors (Lipinski definition) is 3. The largest absolute Gasteiger partial charge is 0.355 e. The maximum absolute atomic E-state index is 9.82. The third kappa shape index (κ3) is 2.01. The molecule has 0 aliphatic carbocycles. The van der Waals surface area contributed by atoms with E-state index in [-0.39, 0.29) is 26.7 Å². The number of aldehydes is 1. The Morgan fingerprint density at radius 2 is 2.50 bits per heavy atom. The van der Waals surface area contributed by atoms with Crippen molar-refractivity contribution in [2.45, 2.75) is 6.23 Å². The zero-order valence-electron chi connectivity index (χ0n) is 4.20. The molecule has 0 amide bonds. The van der Waals surface area contributed by atoms with Crippen LogP contribution >= 0.6 is 0 Å². The van der Waals surface area contributed by atoms with Gasteiger partial charge in [0.15, 0.2) is 12.5 Å². The number of carbonyl (C=O) groups excluding carboxylic acids is 1. The minimum absolute atomic E-state index is 0. The summed E-state index contributed by atoms with van der Waals surface area (Å²) in [5.41, 5.74) is 0. The van der Waals surface area contributed by atoms with Crippen LogP contribution in [-0.2, 0) is 30.0 Å². The molecule has 0 aromatic rings. The molecule has 1 saturated heterocycles. The number of ether oxygens (including phenoxy) is 1. The van der Waals surface area contributed by atoms with Gasteiger partial charge >= 0.3 is 0 Å². The van der Waals surface area contributed by atoms with Gasteiger partial charge in [0.05, 0.1) is 6.61 Å². The van der Waals surface area contributed by atoms with Crippen molar-refractivity contribution >= 4 is 6.29 Å². The average molecular weight is 208 g/mol. The van der Waals surface area contributed by atoms with Gasteiger partial charge in [-0.1, -0.05) is 0 Å². The van der Waals surface area contributed by atoms with Crippen molar-refractivity contribution in [2.75, 3.05) is 13.2 Å². The van der Waals surface area contributed by atoms with Crippen molar-refractivity contribution in [2.24, 2.45) is 0 Å². The molecule has 0 radical (unpaired) electrons. The SMILES string of the molecule is O=CC1NCCO1.[Pd]. The number of nitrogens with one attached hydrogen (secondary N) is 1. The maximum atomic E-state index is 9.82. The predicted octanol–water partition coefficient (Wildman–Crippen LogP) is -0.871. The number of carbonyl (C=O) groups is 1. The van der Waals surface area contributed by atoms with Crippen molar-refractivity contribution in [3.05, 3.63) is 0 Å². The van der Waals surface area contributed by atoms with E-state index >= 15 is 0 Å². The Morgan fingerprint density at radius 1 is 1.75 bits per heavy atom. The zero-order chi connectivity index (χ0) is 5.11. The second kappa shape index (κ2) is 4.16. The van der Waals surface area contributed by atoms with Gasteiger partial charge in [-0.2, -0.15) is 0 Å². The van der Waals surface area contributed by atoms with E-state index in [4.69, 9.17) is 4.74 Å². The standard InChI is InChI=1S/C4H7NO2.Pd/c6-3-4-5-1-2-7-4;/h3-5H,1-2H2;. The minimum Gasteiger partial charge on any atom is -0.355 e. The third-order valence-corrected chi connectivity index (χ3v) is 0.869. The smallest absolute Gasteiger partial charge is 0.164 e. The molecule has 1 atom stereocenters. The molecular weight excluding hydrogens is 200 g/mol. The fourth-order valence-corrected chi connectivity index (χ4v) is 0.533. The van der Waals surface area contributed by atoms with Gasteiger partial charge in [-0.3, -0.25) is 10.1 Å². The summed E-state index contributed by atoms with van der Waals surface area (Å²) in [4.78, 5) is 9.82. The van der Waals surface area contributed by atoms with Crippen LogP contribution < -0.4 is 5.32 Å². The van der Waals surface area contributed by atoms with E-state index in [9.17, 15) is 4.79 Å².